The molecular weight excluding hydrogens is 322 g/mol. The van der Waals surface area contributed by atoms with Crippen LogP contribution in [0.3, 0.4) is 0 Å². The minimum atomic E-state index is 0.982. The third kappa shape index (κ3) is 2.67. The summed E-state index contributed by atoms with van der Waals surface area (Å²) in [7, 11) is 0. The number of piperazine rings is 1. The molecule has 1 saturated heterocycles. The predicted octanol–water partition coefficient (Wildman–Crippen LogP) is 2.99. The lowest BCUT2D eigenvalue weighted by Gasteiger charge is -2.32. The minimum absolute atomic E-state index is 0.982. The van der Waals surface area contributed by atoms with Crippen LogP contribution in [0, 0.1) is 6.92 Å². The number of anilines is 1. The van der Waals surface area contributed by atoms with Gasteiger partial charge in [-0.05, 0) is 38.7 Å². The number of nitrogens with one attached hydrogen (secondary N) is 1. The Kier molecular flexibility index (Phi) is 3.89. The van der Waals surface area contributed by atoms with E-state index in [9.17, 15) is 0 Å². The first-order chi connectivity index (χ1) is 12.8. The van der Waals surface area contributed by atoms with E-state index in [0.717, 1.165) is 50.4 Å². The summed E-state index contributed by atoms with van der Waals surface area (Å²) >= 11 is 0. The first kappa shape index (κ1) is 15.8. The van der Waals surface area contributed by atoms with Gasteiger partial charge in [-0.3, -0.25) is 0 Å². The zero-order chi connectivity index (χ0) is 17.5. The molecule has 5 heteroatoms. The van der Waals surface area contributed by atoms with Crippen LogP contribution in [0.15, 0.2) is 30.3 Å². The van der Waals surface area contributed by atoms with Gasteiger partial charge in [0.15, 0.2) is 5.65 Å². The van der Waals surface area contributed by atoms with Gasteiger partial charge < -0.3 is 10.2 Å². The number of hydrogen-bond donors (Lipinski definition) is 1. The zero-order valence-electron chi connectivity index (χ0n) is 15.3. The molecule has 1 fully saturated rings. The fraction of sp³-hybridized carbons (Fsp3) is 0.429. The summed E-state index contributed by atoms with van der Waals surface area (Å²) in [6.07, 6.45) is 4.72. The van der Waals surface area contributed by atoms with Crippen LogP contribution in [0.1, 0.15) is 29.7 Å². The maximum atomic E-state index is 5.00. The molecule has 3 aromatic rings. The van der Waals surface area contributed by atoms with E-state index in [1.54, 1.807) is 0 Å². The number of benzene rings is 1. The van der Waals surface area contributed by atoms with Crippen LogP contribution in [0.25, 0.3) is 16.9 Å². The van der Waals surface area contributed by atoms with Gasteiger partial charge in [-0.1, -0.05) is 23.8 Å². The van der Waals surface area contributed by atoms with Crippen molar-refractivity contribution in [2.24, 2.45) is 0 Å². The second kappa shape index (κ2) is 6.40. The summed E-state index contributed by atoms with van der Waals surface area (Å²) in [4.78, 5) is 7.50. The van der Waals surface area contributed by atoms with Crippen LogP contribution < -0.4 is 10.2 Å². The molecule has 134 valence electrons. The summed E-state index contributed by atoms with van der Waals surface area (Å²) < 4.78 is 2.10. The van der Waals surface area contributed by atoms with Crippen molar-refractivity contribution in [3.05, 3.63) is 47.2 Å². The van der Waals surface area contributed by atoms with Gasteiger partial charge in [0, 0.05) is 49.1 Å². The summed E-state index contributed by atoms with van der Waals surface area (Å²) in [5.74, 6) is 1.28. The predicted molar refractivity (Wildman–Crippen MR) is 105 cm³/mol. The largest absolute Gasteiger partial charge is 0.354 e. The average molecular weight is 347 g/mol. The molecule has 2 aromatic heterocycles. The average Bonchev–Trinajstić information content (AvgIpc) is 3.10. The molecule has 0 spiro atoms. The third-order valence-electron chi connectivity index (χ3n) is 5.58. The highest BCUT2D eigenvalue weighted by molar-refractivity contribution is 5.68. The molecule has 3 heterocycles. The fourth-order valence-electron chi connectivity index (χ4n) is 4.27. The van der Waals surface area contributed by atoms with Gasteiger partial charge >= 0.3 is 0 Å². The molecule has 0 unspecified atom stereocenters. The highest BCUT2D eigenvalue weighted by Gasteiger charge is 2.24. The minimum Gasteiger partial charge on any atom is -0.354 e. The highest BCUT2D eigenvalue weighted by Crippen LogP contribution is 2.32. The molecule has 2 aliphatic rings. The molecule has 0 bridgehead atoms. The van der Waals surface area contributed by atoms with Crippen molar-refractivity contribution in [3.8, 4) is 11.3 Å². The molecule has 26 heavy (non-hydrogen) atoms. The van der Waals surface area contributed by atoms with Crippen molar-refractivity contribution >= 4 is 11.5 Å². The van der Waals surface area contributed by atoms with E-state index in [1.807, 2.05) is 0 Å². The number of aromatic nitrogens is 3. The van der Waals surface area contributed by atoms with Gasteiger partial charge in [-0.25, -0.2) is 4.98 Å². The number of nitrogens with zero attached hydrogens (tertiary/aromatic N) is 4. The monoisotopic (exact) mass is 347 g/mol. The molecule has 0 radical (unpaired) electrons. The van der Waals surface area contributed by atoms with Crippen molar-refractivity contribution < 1.29 is 0 Å². The molecule has 0 saturated carbocycles. The summed E-state index contributed by atoms with van der Waals surface area (Å²) in [5, 5.41) is 8.46. The Hall–Kier alpha value is -2.40. The Morgan fingerprint density at radius 2 is 1.88 bits per heavy atom. The third-order valence-corrected chi connectivity index (χ3v) is 5.58. The van der Waals surface area contributed by atoms with Gasteiger partial charge in [-0.2, -0.15) is 9.61 Å². The van der Waals surface area contributed by atoms with Crippen LogP contribution in [0.4, 0.5) is 5.82 Å². The van der Waals surface area contributed by atoms with Gasteiger partial charge in [-0.15, -0.1) is 0 Å². The van der Waals surface area contributed by atoms with Gasteiger partial charge in [0.1, 0.15) is 5.82 Å². The fourth-order valence-corrected chi connectivity index (χ4v) is 4.27. The van der Waals surface area contributed by atoms with E-state index in [-0.39, 0.29) is 0 Å². The normalized spacial score (nSPS) is 17.5. The molecule has 1 aliphatic carbocycles. The lowest BCUT2D eigenvalue weighted by Crippen LogP contribution is -2.45. The molecule has 1 N–H and O–H groups in total. The second-order valence-electron chi connectivity index (χ2n) is 7.47. The summed E-state index contributed by atoms with van der Waals surface area (Å²) in [6, 6.07) is 10.7. The van der Waals surface area contributed by atoms with Crippen LogP contribution in [0.5, 0.6) is 0 Å². The molecule has 0 atom stereocenters. The van der Waals surface area contributed by atoms with E-state index < -0.39 is 0 Å². The van der Waals surface area contributed by atoms with Crippen molar-refractivity contribution in [1.29, 1.82) is 0 Å². The maximum Gasteiger partial charge on any atom is 0.158 e. The summed E-state index contributed by atoms with van der Waals surface area (Å²) in [6.45, 7) is 6.26. The topological polar surface area (TPSA) is 45.5 Å². The lowest BCUT2D eigenvalue weighted by atomic mass is 9.96. The van der Waals surface area contributed by atoms with Crippen LogP contribution in [0.2, 0.25) is 0 Å². The van der Waals surface area contributed by atoms with Crippen LogP contribution in [-0.4, -0.2) is 40.8 Å². The number of aryl methyl sites for hydroxylation is 2. The van der Waals surface area contributed by atoms with Gasteiger partial charge in [0.2, 0.25) is 0 Å². The Labute approximate surface area is 154 Å². The molecular formula is C21H25N5. The quantitative estimate of drug-likeness (QED) is 0.774. The Morgan fingerprint density at radius 1 is 1.04 bits per heavy atom. The Balaban J connectivity index is 1.71. The number of rotatable bonds is 2. The van der Waals surface area contributed by atoms with Crippen molar-refractivity contribution in [1.82, 2.24) is 19.9 Å². The van der Waals surface area contributed by atoms with Gasteiger partial charge in [0.25, 0.3) is 0 Å². The zero-order valence-corrected chi connectivity index (χ0v) is 15.3. The SMILES string of the molecule is Cc1cccc(-c2cc3nc4c(c(N5CCNCC5)n3n2)CCCC4)c1. The first-order valence-electron chi connectivity index (χ1n) is 9.74. The highest BCUT2D eigenvalue weighted by atomic mass is 15.4. The van der Waals surface area contributed by atoms with E-state index in [1.165, 1.54) is 41.0 Å². The van der Waals surface area contributed by atoms with E-state index in [0.29, 0.717) is 0 Å². The summed E-state index contributed by atoms with van der Waals surface area (Å²) in [5.41, 5.74) is 7.13. The molecule has 5 rings (SSSR count). The van der Waals surface area contributed by atoms with E-state index in [4.69, 9.17) is 10.1 Å². The smallest absolute Gasteiger partial charge is 0.158 e. The van der Waals surface area contributed by atoms with Crippen molar-refractivity contribution in [2.45, 2.75) is 32.6 Å². The first-order valence-corrected chi connectivity index (χ1v) is 9.74. The van der Waals surface area contributed by atoms with Crippen LogP contribution >= 0.6 is 0 Å². The molecule has 0 amide bonds. The Morgan fingerprint density at radius 3 is 2.73 bits per heavy atom. The van der Waals surface area contributed by atoms with Crippen LogP contribution in [-0.2, 0) is 12.8 Å². The number of hydrogen-bond acceptors (Lipinski definition) is 4. The van der Waals surface area contributed by atoms with Crippen molar-refractivity contribution in [3.63, 3.8) is 0 Å². The van der Waals surface area contributed by atoms with E-state index in [2.05, 4.69) is 52.0 Å². The van der Waals surface area contributed by atoms with Crippen molar-refractivity contribution in [2.75, 3.05) is 31.1 Å². The number of fused-ring (bicyclic) bond motifs is 2. The molecule has 1 aliphatic heterocycles. The second-order valence-corrected chi connectivity index (χ2v) is 7.47. The molecule has 5 nitrogen and oxygen atoms in total. The van der Waals surface area contributed by atoms with E-state index >= 15 is 0 Å². The maximum absolute atomic E-state index is 5.00. The molecule has 1 aromatic carbocycles. The van der Waals surface area contributed by atoms with Gasteiger partial charge in [0.05, 0.1) is 5.69 Å². The Bertz CT molecular complexity index is 952. The standard InChI is InChI=1S/C21H25N5/c1-15-5-4-6-16(13-15)19-14-20-23-18-8-3-2-7-17(18)21(26(20)24-19)25-11-9-22-10-12-25/h4-6,13-14,22H,2-3,7-12H2,1H3. The lowest BCUT2D eigenvalue weighted by molar-refractivity contribution is 0.571.